The summed E-state index contributed by atoms with van der Waals surface area (Å²) in [5.74, 6) is -4.66. The number of hydrogen-bond acceptors (Lipinski definition) is 18. The largest absolute Gasteiger partial charge is 0.462 e. The zero-order valence-corrected chi connectivity index (χ0v) is 34.9. The van der Waals surface area contributed by atoms with Crippen LogP contribution in [0.2, 0.25) is 0 Å². The van der Waals surface area contributed by atoms with Gasteiger partial charge in [0.1, 0.15) is 36.1 Å². The SMILES string of the molecule is CC[C@H]1OC(=O)C[C@@H](O)[C@H](C)[C@@H](O[C@@H]2O[C@H](C)[C@@H](O)[C@H](N(C)C)[C@H]2O)[C@@H](C/C=N/O)C[C@@H](C)C(=O)/C=C/C(C)(O)C(O)C1CO[C@@H]1O[C@H](C)[C@@H](O)[C@@H](OC)[C@H]1OC. The highest BCUT2D eigenvalue weighted by molar-refractivity contribution is 5.91. The molecule has 3 aliphatic heterocycles. The monoisotopic (exact) mass is 820 g/mol. The fourth-order valence-electron chi connectivity index (χ4n) is 8.13. The van der Waals surface area contributed by atoms with Gasteiger partial charge in [-0.1, -0.05) is 20.8 Å². The molecule has 3 rings (SSSR count). The van der Waals surface area contributed by atoms with Gasteiger partial charge in [0, 0.05) is 38.2 Å². The number of methoxy groups -OCH3 is 2. The van der Waals surface area contributed by atoms with Crippen LogP contribution in [0.3, 0.4) is 0 Å². The second-order valence-electron chi connectivity index (χ2n) is 16.2. The molecule has 0 aromatic carbocycles. The number of aliphatic hydroxyl groups is 6. The van der Waals surface area contributed by atoms with Crippen molar-refractivity contribution in [2.75, 3.05) is 34.9 Å². The van der Waals surface area contributed by atoms with E-state index in [0.717, 1.165) is 6.08 Å². The number of oxime groups is 1. The minimum Gasteiger partial charge on any atom is -0.462 e. The lowest BCUT2D eigenvalue weighted by Gasteiger charge is -2.46. The van der Waals surface area contributed by atoms with Crippen LogP contribution < -0.4 is 0 Å². The van der Waals surface area contributed by atoms with Gasteiger partial charge in [0.25, 0.3) is 0 Å². The molecule has 18 heteroatoms. The van der Waals surface area contributed by atoms with Crippen LogP contribution in [-0.4, -0.2) is 185 Å². The maximum absolute atomic E-state index is 13.7. The van der Waals surface area contributed by atoms with E-state index in [1.165, 1.54) is 33.4 Å². The van der Waals surface area contributed by atoms with Gasteiger partial charge in [-0.2, -0.15) is 0 Å². The number of hydrogen-bond donors (Lipinski definition) is 7. The smallest absolute Gasteiger partial charge is 0.308 e. The Labute approximate surface area is 335 Å². The summed E-state index contributed by atoms with van der Waals surface area (Å²) in [6.07, 6.45) is -11.0. The van der Waals surface area contributed by atoms with E-state index >= 15 is 0 Å². The number of esters is 1. The van der Waals surface area contributed by atoms with Crippen LogP contribution in [0.25, 0.3) is 0 Å². The number of nitrogens with zero attached hydrogens (tertiary/aromatic N) is 2. The van der Waals surface area contributed by atoms with Gasteiger partial charge in [-0.15, -0.1) is 5.16 Å². The van der Waals surface area contributed by atoms with Crippen molar-refractivity contribution < 1.29 is 78.6 Å². The quantitative estimate of drug-likeness (QED) is 0.0626. The Hall–Kier alpha value is -2.17. The van der Waals surface area contributed by atoms with E-state index in [4.69, 9.17) is 33.2 Å². The van der Waals surface area contributed by atoms with Crippen LogP contribution in [0.4, 0.5) is 0 Å². The van der Waals surface area contributed by atoms with E-state index in [2.05, 4.69) is 5.16 Å². The van der Waals surface area contributed by atoms with Crippen LogP contribution in [0, 0.1) is 23.7 Å². The minimum absolute atomic E-state index is 0.0512. The molecule has 18 nitrogen and oxygen atoms in total. The molecular formula is C39H68N2O16. The number of cyclic esters (lactones) is 1. The number of likely N-dealkylation sites (N-methyl/N-ethyl adjacent to an activating group) is 1. The summed E-state index contributed by atoms with van der Waals surface area (Å²) in [5.41, 5.74) is -2.06. The summed E-state index contributed by atoms with van der Waals surface area (Å²) in [6.45, 7) is 9.20. The number of aliphatic hydroxyl groups excluding tert-OH is 5. The highest BCUT2D eigenvalue weighted by Gasteiger charge is 2.49. The van der Waals surface area contributed by atoms with Gasteiger partial charge in [-0.25, -0.2) is 0 Å². The molecule has 57 heavy (non-hydrogen) atoms. The van der Waals surface area contributed by atoms with E-state index in [9.17, 15) is 45.4 Å². The number of carbonyl (C=O) groups is 2. The molecular weight excluding hydrogens is 752 g/mol. The topological polar surface area (TPSA) is 256 Å². The van der Waals surface area contributed by atoms with E-state index in [-0.39, 0.29) is 25.9 Å². The molecule has 0 aromatic rings. The number of ether oxygens (including phenoxy) is 7. The molecule has 3 unspecified atom stereocenters. The number of ketones is 1. The highest BCUT2D eigenvalue weighted by atomic mass is 16.7. The lowest BCUT2D eigenvalue weighted by atomic mass is 9.79. The molecule has 7 N–H and O–H groups in total. The minimum atomic E-state index is -2.06. The zero-order chi connectivity index (χ0) is 42.9. The Morgan fingerprint density at radius 3 is 2.12 bits per heavy atom. The molecule has 0 saturated carbocycles. The molecule has 3 aliphatic rings. The average Bonchev–Trinajstić information content (AvgIpc) is 3.16. The van der Waals surface area contributed by atoms with Crippen molar-refractivity contribution in [1.82, 2.24) is 4.90 Å². The van der Waals surface area contributed by atoms with E-state index in [1.807, 2.05) is 0 Å². The van der Waals surface area contributed by atoms with E-state index in [0.29, 0.717) is 0 Å². The normalized spacial score (nSPS) is 45.3. The Bertz CT molecular complexity index is 1320. The number of rotatable bonds is 11. The first kappa shape index (κ1) is 49.2. The molecule has 0 radical (unpaired) electrons. The molecule has 0 aromatic heterocycles. The maximum Gasteiger partial charge on any atom is 0.308 e. The van der Waals surface area contributed by atoms with Gasteiger partial charge in [0.15, 0.2) is 18.4 Å². The summed E-state index contributed by atoms with van der Waals surface area (Å²) >= 11 is 0. The van der Waals surface area contributed by atoms with Crippen molar-refractivity contribution in [3.05, 3.63) is 12.2 Å². The van der Waals surface area contributed by atoms with Crippen molar-refractivity contribution in [1.29, 1.82) is 0 Å². The molecule has 2 fully saturated rings. The molecule has 3 heterocycles. The summed E-state index contributed by atoms with van der Waals surface area (Å²) in [4.78, 5) is 29.0. The Kier molecular flexibility index (Phi) is 18.9. The lowest BCUT2D eigenvalue weighted by Crippen LogP contribution is -2.63. The standard InChI is InChI=1S/C39H68N2O16/c1-11-27-24(18-53-38-35(52-10)34(51-9)31(46)22(5)55-38)36(48)39(6,49)14-12-25(42)19(2)16-23(13-15-40-50)33(20(3)26(43)17-28(44)56-27)57-37-32(47)29(41(7)8)30(45)21(4)54-37/h12,14-15,19-24,26-27,29-38,43,45-50H,11,13,16-18H2,1-10H3/b14-12+,40-15+/t19-,20+,21-,22-,23+,24?,26-,27-,29+,30-,31-,32-,33-,34-,35-,36?,37+,38-,39?/m1/s1. The fourth-order valence-corrected chi connectivity index (χ4v) is 8.13. The third-order valence-electron chi connectivity index (χ3n) is 11.8. The predicted molar refractivity (Wildman–Crippen MR) is 203 cm³/mol. The summed E-state index contributed by atoms with van der Waals surface area (Å²) < 4.78 is 41.3. The fraction of sp³-hybridized carbons (Fsp3) is 0.872. The number of allylic oxidation sites excluding steroid dienone is 1. The molecule has 2 saturated heterocycles. The second-order valence-corrected chi connectivity index (χ2v) is 16.2. The predicted octanol–water partition coefficient (Wildman–Crippen LogP) is -0.0109. The first-order valence-electron chi connectivity index (χ1n) is 19.7. The van der Waals surface area contributed by atoms with Crippen molar-refractivity contribution in [3.8, 4) is 0 Å². The van der Waals surface area contributed by atoms with Gasteiger partial charge in [0.2, 0.25) is 0 Å². The molecule has 0 aliphatic carbocycles. The second kappa shape index (κ2) is 21.9. The Morgan fingerprint density at radius 2 is 1.54 bits per heavy atom. The summed E-state index contributed by atoms with van der Waals surface area (Å²) in [7, 11) is 6.18. The van der Waals surface area contributed by atoms with Crippen LogP contribution in [0.15, 0.2) is 17.3 Å². The van der Waals surface area contributed by atoms with E-state index < -0.39 is 133 Å². The van der Waals surface area contributed by atoms with Crippen LogP contribution in [0.5, 0.6) is 0 Å². The van der Waals surface area contributed by atoms with Gasteiger partial charge in [-0.3, -0.25) is 9.59 Å². The molecule has 330 valence electrons. The van der Waals surface area contributed by atoms with Crippen LogP contribution in [-0.2, 0) is 42.7 Å². The van der Waals surface area contributed by atoms with Crippen molar-refractivity contribution >= 4 is 18.0 Å². The molecule has 0 amide bonds. The van der Waals surface area contributed by atoms with Gasteiger partial charge in [-0.05, 0) is 72.2 Å². The number of carbonyl (C=O) groups excluding carboxylic acids is 2. The van der Waals surface area contributed by atoms with Gasteiger partial charge < -0.3 is 73.9 Å². The van der Waals surface area contributed by atoms with Crippen molar-refractivity contribution in [3.63, 3.8) is 0 Å². The van der Waals surface area contributed by atoms with E-state index in [1.54, 1.807) is 53.6 Å². The molecule has 19 atom stereocenters. The summed E-state index contributed by atoms with van der Waals surface area (Å²) in [5, 5.41) is 80.3. The van der Waals surface area contributed by atoms with Gasteiger partial charge >= 0.3 is 5.97 Å². The van der Waals surface area contributed by atoms with Crippen molar-refractivity contribution in [2.24, 2.45) is 28.8 Å². The summed E-state index contributed by atoms with van der Waals surface area (Å²) in [6, 6.07) is -0.782. The lowest BCUT2D eigenvalue weighted by molar-refractivity contribution is -0.307. The zero-order valence-electron chi connectivity index (χ0n) is 34.9. The molecule has 0 bridgehead atoms. The molecule has 0 spiro atoms. The Morgan fingerprint density at radius 1 is 0.930 bits per heavy atom. The first-order chi connectivity index (χ1) is 26.7. The first-order valence-corrected chi connectivity index (χ1v) is 19.7. The maximum atomic E-state index is 13.7. The van der Waals surface area contributed by atoms with Gasteiger partial charge in [0.05, 0.1) is 55.7 Å². The average molecular weight is 821 g/mol. The third-order valence-corrected chi connectivity index (χ3v) is 11.8. The van der Waals surface area contributed by atoms with Crippen molar-refractivity contribution in [2.45, 2.75) is 159 Å². The third kappa shape index (κ3) is 12.2. The van der Waals surface area contributed by atoms with Crippen LogP contribution >= 0.6 is 0 Å². The highest BCUT2D eigenvalue weighted by Crippen LogP contribution is 2.35. The van der Waals surface area contributed by atoms with Crippen LogP contribution in [0.1, 0.15) is 67.2 Å². The Balaban J connectivity index is 2.03.